The molecule has 1 N–H and O–H groups in total. The number of carbonyl (C=O) groups excluding carboxylic acids is 2. The van der Waals surface area contributed by atoms with Gasteiger partial charge in [-0.3, -0.25) is 14.6 Å². The molecule has 1 saturated carbocycles. The molecule has 7 heteroatoms. The Balaban J connectivity index is 1.39. The number of fused-ring (bicyclic) bond motifs is 1. The van der Waals surface area contributed by atoms with E-state index in [0.717, 1.165) is 72.1 Å². The number of aryl methyl sites for hydroxylation is 1. The molecule has 5 rings (SSSR count). The van der Waals surface area contributed by atoms with Gasteiger partial charge in [0.15, 0.2) is 0 Å². The number of benzene rings is 2. The molecular formula is C31H35ClN4O2. The summed E-state index contributed by atoms with van der Waals surface area (Å²) < 4.78 is 0. The minimum Gasteiger partial charge on any atom is -0.342 e. The lowest BCUT2D eigenvalue weighted by atomic mass is 9.74. The number of amides is 2. The lowest BCUT2D eigenvalue weighted by molar-refractivity contribution is -0.131. The van der Waals surface area contributed by atoms with Crippen molar-refractivity contribution in [2.24, 2.45) is 16.9 Å². The van der Waals surface area contributed by atoms with Gasteiger partial charge in [-0.15, -0.1) is 0 Å². The van der Waals surface area contributed by atoms with Gasteiger partial charge in [0.2, 0.25) is 11.8 Å². The molecule has 2 heterocycles. The molecule has 1 aromatic heterocycles. The summed E-state index contributed by atoms with van der Waals surface area (Å²) in [5.74, 6) is 0.705. The number of aromatic nitrogens is 1. The van der Waals surface area contributed by atoms with Crippen LogP contribution in [0.3, 0.4) is 0 Å². The number of rotatable bonds is 7. The standard InChI is InChI=1S/C31H35ClN4O2/c1-19-13-23(24-7-8-25-15-26(32)17-33-28(25)16-24)9-10-27(19)31(3,4)29(35-34-20(2)37)14-21-11-12-36(18-21)30(38)22-5-6-22/h7-10,13,15-17,21-22H,5-6,11-12,14,18H2,1-4H3,(H,34,37)/b35-29-/t21-/m0/s1. The summed E-state index contributed by atoms with van der Waals surface area (Å²) in [7, 11) is 0. The number of hydrazone groups is 1. The average Bonchev–Trinajstić information content (AvgIpc) is 3.63. The van der Waals surface area contributed by atoms with E-state index in [0.29, 0.717) is 16.8 Å². The number of likely N-dealkylation sites (tertiary alicyclic amines) is 1. The molecule has 198 valence electrons. The molecule has 2 amide bonds. The van der Waals surface area contributed by atoms with Crippen LogP contribution in [-0.2, 0) is 15.0 Å². The van der Waals surface area contributed by atoms with E-state index in [1.54, 1.807) is 6.20 Å². The lowest BCUT2D eigenvalue weighted by Gasteiger charge is -2.31. The number of hydrogen-bond acceptors (Lipinski definition) is 4. The Labute approximate surface area is 229 Å². The van der Waals surface area contributed by atoms with Crippen LogP contribution in [0, 0.1) is 18.8 Å². The second kappa shape index (κ2) is 10.5. The van der Waals surface area contributed by atoms with E-state index in [9.17, 15) is 9.59 Å². The molecular weight excluding hydrogens is 496 g/mol. The summed E-state index contributed by atoms with van der Waals surface area (Å²) >= 11 is 6.10. The van der Waals surface area contributed by atoms with E-state index < -0.39 is 5.41 Å². The van der Waals surface area contributed by atoms with Gasteiger partial charge in [0, 0.05) is 48.6 Å². The molecule has 3 aromatic rings. The molecule has 1 aliphatic heterocycles. The van der Waals surface area contributed by atoms with Crippen LogP contribution in [0.15, 0.2) is 53.8 Å². The second-order valence-electron chi connectivity index (χ2n) is 11.4. The van der Waals surface area contributed by atoms with Crippen LogP contribution in [0.4, 0.5) is 0 Å². The molecule has 1 aliphatic carbocycles. The minimum atomic E-state index is -0.402. The summed E-state index contributed by atoms with van der Waals surface area (Å²) in [6, 6.07) is 14.7. The topological polar surface area (TPSA) is 74.7 Å². The number of pyridine rings is 1. The Kier molecular flexibility index (Phi) is 7.28. The first-order chi connectivity index (χ1) is 18.1. The number of nitrogens with one attached hydrogen (secondary N) is 1. The maximum absolute atomic E-state index is 12.6. The van der Waals surface area contributed by atoms with Crippen molar-refractivity contribution in [1.82, 2.24) is 15.3 Å². The first kappa shape index (κ1) is 26.4. The van der Waals surface area contributed by atoms with Crippen LogP contribution in [0.25, 0.3) is 22.0 Å². The molecule has 0 spiro atoms. The fourth-order valence-electron chi connectivity index (χ4n) is 5.62. The van der Waals surface area contributed by atoms with E-state index in [2.05, 4.69) is 66.6 Å². The lowest BCUT2D eigenvalue weighted by Crippen LogP contribution is -2.35. The zero-order valence-corrected chi connectivity index (χ0v) is 23.3. The molecule has 1 atom stereocenters. The van der Waals surface area contributed by atoms with Crippen LogP contribution < -0.4 is 5.43 Å². The van der Waals surface area contributed by atoms with Crippen LogP contribution in [-0.4, -0.2) is 40.5 Å². The third kappa shape index (κ3) is 5.60. The van der Waals surface area contributed by atoms with Crippen molar-refractivity contribution < 1.29 is 9.59 Å². The summed E-state index contributed by atoms with van der Waals surface area (Å²) in [6.45, 7) is 9.52. The van der Waals surface area contributed by atoms with E-state index in [1.807, 2.05) is 17.0 Å². The molecule has 6 nitrogen and oxygen atoms in total. The third-order valence-corrected chi connectivity index (χ3v) is 8.17. The molecule has 2 fully saturated rings. The van der Waals surface area contributed by atoms with Crippen LogP contribution >= 0.6 is 11.6 Å². The van der Waals surface area contributed by atoms with Gasteiger partial charge in [-0.25, -0.2) is 5.43 Å². The summed E-state index contributed by atoms with van der Waals surface area (Å²) in [6.07, 6.45) is 5.43. The summed E-state index contributed by atoms with van der Waals surface area (Å²) in [5.41, 5.74) is 8.66. The number of halogens is 1. The fraction of sp³-hybridized carbons (Fsp3) is 0.419. The summed E-state index contributed by atoms with van der Waals surface area (Å²) in [5, 5.41) is 6.25. The zero-order chi connectivity index (χ0) is 27.0. The van der Waals surface area contributed by atoms with Crippen LogP contribution in [0.2, 0.25) is 5.02 Å². The van der Waals surface area contributed by atoms with Crippen molar-refractivity contribution >= 4 is 40.0 Å². The normalized spacial score (nSPS) is 18.2. The molecule has 38 heavy (non-hydrogen) atoms. The van der Waals surface area contributed by atoms with Crippen LogP contribution in [0.1, 0.15) is 57.6 Å². The molecule has 2 aromatic carbocycles. The Morgan fingerprint density at radius 3 is 2.55 bits per heavy atom. The molecule has 2 aliphatic rings. The fourth-order valence-corrected chi connectivity index (χ4v) is 5.79. The van der Waals surface area contributed by atoms with Gasteiger partial charge >= 0.3 is 0 Å². The number of carbonyl (C=O) groups is 2. The van der Waals surface area contributed by atoms with Gasteiger partial charge in [0.1, 0.15) is 0 Å². The highest BCUT2D eigenvalue weighted by Crippen LogP contribution is 2.37. The van der Waals surface area contributed by atoms with Crippen LogP contribution in [0.5, 0.6) is 0 Å². The van der Waals surface area contributed by atoms with Crippen molar-refractivity contribution in [2.45, 2.75) is 58.8 Å². The van der Waals surface area contributed by atoms with Gasteiger partial charge in [0.25, 0.3) is 0 Å². The van der Waals surface area contributed by atoms with E-state index in [-0.39, 0.29) is 11.8 Å². The van der Waals surface area contributed by atoms with Gasteiger partial charge in [-0.2, -0.15) is 5.10 Å². The third-order valence-electron chi connectivity index (χ3n) is 7.96. The first-order valence-corrected chi connectivity index (χ1v) is 13.8. The molecule has 1 saturated heterocycles. The summed E-state index contributed by atoms with van der Waals surface area (Å²) in [4.78, 5) is 30.9. The monoisotopic (exact) mass is 530 g/mol. The molecule has 0 bridgehead atoms. The van der Waals surface area contributed by atoms with Crippen molar-refractivity contribution in [3.63, 3.8) is 0 Å². The Bertz CT molecular complexity index is 1430. The van der Waals surface area contributed by atoms with E-state index in [1.165, 1.54) is 12.5 Å². The largest absolute Gasteiger partial charge is 0.342 e. The Hall–Kier alpha value is -3.25. The van der Waals surface area contributed by atoms with Crippen molar-refractivity contribution in [2.75, 3.05) is 13.1 Å². The quantitative estimate of drug-likeness (QED) is 0.288. The minimum absolute atomic E-state index is 0.187. The van der Waals surface area contributed by atoms with E-state index in [4.69, 9.17) is 11.6 Å². The maximum Gasteiger partial charge on any atom is 0.236 e. The highest BCUT2D eigenvalue weighted by Gasteiger charge is 2.38. The highest BCUT2D eigenvalue weighted by atomic mass is 35.5. The first-order valence-electron chi connectivity index (χ1n) is 13.4. The predicted octanol–water partition coefficient (Wildman–Crippen LogP) is 6.28. The van der Waals surface area contributed by atoms with Gasteiger partial charge < -0.3 is 4.90 Å². The molecule has 0 radical (unpaired) electrons. The van der Waals surface area contributed by atoms with Gasteiger partial charge in [-0.1, -0.05) is 55.8 Å². The second-order valence-corrected chi connectivity index (χ2v) is 11.8. The maximum atomic E-state index is 12.6. The number of hydrogen-bond donors (Lipinski definition) is 1. The highest BCUT2D eigenvalue weighted by molar-refractivity contribution is 6.31. The number of nitrogens with zero attached hydrogens (tertiary/aromatic N) is 3. The Morgan fingerprint density at radius 1 is 1.11 bits per heavy atom. The Morgan fingerprint density at radius 2 is 1.84 bits per heavy atom. The molecule has 0 unspecified atom stereocenters. The smallest absolute Gasteiger partial charge is 0.236 e. The zero-order valence-electron chi connectivity index (χ0n) is 22.6. The van der Waals surface area contributed by atoms with E-state index >= 15 is 0 Å². The van der Waals surface area contributed by atoms with Crippen molar-refractivity contribution in [3.8, 4) is 11.1 Å². The van der Waals surface area contributed by atoms with Gasteiger partial charge in [0.05, 0.1) is 10.5 Å². The SMILES string of the molecule is CC(=O)N/N=C(/C[C@@H]1CCN(C(=O)C2CC2)C1)C(C)(C)c1ccc(-c2ccc3cc(Cl)cnc3c2)cc1C. The van der Waals surface area contributed by atoms with Gasteiger partial charge in [-0.05, 0) is 72.9 Å². The predicted molar refractivity (Wildman–Crippen MR) is 153 cm³/mol. The van der Waals surface area contributed by atoms with Crippen molar-refractivity contribution in [3.05, 3.63) is 64.8 Å². The van der Waals surface area contributed by atoms with Crippen molar-refractivity contribution in [1.29, 1.82) is 0 Å². The average molecular weight is 531 g/mol.